The summed E-state index contributed by atoms with van der Waals surface area (Å²) in [5.41, 5.74) is 2.74. The molecule has 0 radical (unpaired) electrons. The first kappa shape index (κ1) is 27.5. The minimum Gasteiger partial charge on any atom is -0.481 e. The Bertz CT molecular complexity index is 1210. The summed E-state index contributed by atoms with van der Waals surface area (Å²) in [4.78, 5) is 38.3. The van der Waals surface area contributed by atoms with Gasteiger partial charge >= 0.3 is 6.03 Å². The number of aromatic nitrogens is 2. The third-order valence-corrected chi connectivity index (χ3v) is 7.20. The normalized spacial score (nSPS) is 16.4. The lowest BCUT2D eigenvalue weighted by Gasteiger charge is -2.30. The van der Waals surface area contributed by atoms with Gasteiger partial charge in [0.1, 0.15) is 17.7 Å². The lowest BCUT2D eigenvalue weighted by molar-refractivity contribution is -0.134. The standard InChI is InChI=1S/C26H33N7O4S/c1-32(25(34)18-6-9-37-16-18)15-19-11-17-5-4-8-33(23(17)31-24(19)36-2)26(35)30-22-12-21(28-7-10-38-3)20(13-27)14-29-22/h11-12,14,18H,4-10,15-16H2,1-3H3,(H2,28,29,30,35). The van der Waals surface area contributed by atoms with Crippen molar-refractivity contribution >= 4 is 41.0 Å². The molecule has 0 aliphatic carbocycles. The van der Waals surface area contributed by atoms with Crippen molar-refractivity contribution in [3.63, 3.8) is 0 Å². The number of amides is 3. The maximum atomic E-state index is 13.3. The smallest absolute Gasteiger partial charge is 0.328 e. The number of carbonyl (C=O) groups is 2. The monoisotopic (exact) mass is 539 g/mol. The molecule has 0 saturated carbocycles. The lowest BCUT2D eigenvalue weighted by Crippen LogP contribution is -2.40. The molecule has 11 nitrogen and oxygen atoms in total. The predicted molar refractivity (Wildman–Crippen MR) is 147 cm³/mol. The number of hydrogen-bond acceptors (Lipinski definition) is 9. The Kier molecular flexibility index (Phi) is 9.25. The second kappa shape index (κ2) is 12.8. The Labute approximate surface area is 226 Å². The van der Waals surface area contributed by atoms with Gasteiger partial charge in [-0.2, -0.15) is 22.0 Å². The van der Waals surface area contributed by atoms with Gasteiger partial charge in [0.2, 0.25) is 11.8 Å². The number of ether oxygens (including phenoxy) is 2. The molecule has 4 heterocycles. The number of methoxy groups -OCH3 is 1. The van der Waals surface area contributed by atoms with Crippen LogP contribution in [0.2, 0.25) is 0 Å². The molecule has 1 saturated heterocycles. The van der Waals surface area contributed by atoms with Crippen LogP contribution in [0.4, 0.5) is 22.1 Å². The molecule has 1 unspecified atom stereocenters. The van der Waals surface area contributed by atoms with Crippen LogP contribution in [0.1, 0.15) is 29.5 Å². The Hall–Kier alpha value is -3.56. The van der Waals surface area contributed by atoms with Crippen LogP contribution in [0.3, 0.4) is 0 Å². The van der Waals surface area contributed by atoms with Gasteiger partial charge in [0.05, 0.1) is 37.4 Å². The van der Waals surface area contributed by atoms with E-state index in [9.17, 15) is 14.9 Å². The van der Waals surface area contributed by atoms with Crippen molar-refractivity contribution in [3.05, 3.63) is 35.0 Å². The van der Waals surface area contributed by atoms with Crippen LogP contribution in [0, 0.1) is 17.2 Å². The van der Waals surface area contributed by atoms with Crippen molar-refractivity contribution in [1.29, 1.82) is 5.26 Å². The molecule has 2 aromatic heterocycles. The van der Waals surface area contributed by atoms with E-state index in [1.807, 2.05) is 12.3 Å². The molecule has 0 aromatic carbocycles. The number of anilines is 3. The second-order valence-electron chi connectivity index (χ2n) is 9.23. The van der Waals surface area contributed by atoms with E-state index in [2.05, 4.69) is 26.7 Å². The number of nitrogens with one attached hydrogen (secondary N) is 2. The van der Waals surface area contributed by atoms with Gasteiger partial charge in [-0.3, -0.25) is 15.0 Å². The molecular weight excluding hydrogens is 506 g/mol. The van der Waals surface area contributed by atoms with Gasteiger partial charge in [-0.05, 0) is 37.1 Å². The van der Waals surface area contributed by atoms with Crippen LogP contribution in [0.25, 0.3) is 0 Å². The van der Waals surface area contributed by atoms with Crippen molar-refractivity contribution in [2.24, 2.45) is 5.92 Å². The van der Waals surface area contributed by atoms with E-state index in [1.54, 1.807) is 34.7 Å². The molecule has 2 aliphatic heterocycles. The summed E-state index contributed by atoms with van der Waals surface area (Å²) in [5.74, 6) is 2.05. The van der Waals surface area contributed by atoms with Crippen LogP contribution in [-0.2, 0) is 22.5 Å². The van der Waals surface area contributed by atoms with Crippen molar-refractivity contribution < 1.29 is 19.1 Å². The molecule has 1 atom stereocenters. The molecule has 38 heavy (non-hydrogen) atoms. The van der Waals surface area contributed by atoms with Crippen LogP contribution in [-0.4, -0.2) is 79.3 Å². The summed E-state index contributed by atoms with van der Waals surface area (Å²) in [7, 11) is 3.30. The highest BCUT2D eigenvalue weighted by atomic mass is 32.2. The fourth-order valence-electron chi connectivity index (χ4n) is 4.61. The van der Waals surface area contributed by atoms with Gasteiger partial charge < -0.3 is 19.7 Å². The number of carbonyl (C=O) groups excluding carboxylic acids is 2. The molecule has 2 aliphatic rings. The molecule has 0 spiro atoms. The number of rotatable bonds is 9. The first-order chi connectivity index (χ1) is 18.4. The zero-order chi connectivity index (χ0) is 27.1. The van der Waals surface area contributed by atoms with E-state index in [0.717, 1.165) is 36.1 Å². The van der Waals surface area contributed by atoms with Crippen molar-refractivity contribution in [2.45, 2.75) is 25.8 Å². The largest absolute Gasteiger partial charge is 0.481 e. The van der Waals surface area contributed by atoms with Gasteiger partial charge in [-0.15, -0.1) is 0 Å². The number of urea groups is 1. The van der Waals surface area contributed by atoms with Crippen molar-refractivity contribution in [3.8, 4) is 11.9 Å². The van der Waals surface area contributed by atoms with E-state index in [1.165, 1.54) is 13.3 Å². The highest BCUT2D eigenvalue weighted by molar-refractivity contribution is 7.98. The maximum absolute atomic E-state index is 13.3. The summed E-state index contributed by atoms with van der Waals surface area (Å²) >= 11 is 1.70. The summed E-state index contributed by atoms with van der Waals surface area (Å²) in [5, 5.41) is 15.5. The fourth-order valence-corrected chi connectivity index (χ4v) is 4.92. The summed E-state index contributed by atoms with van der Waals surface area (Å²) in [6, 6.07) is 5.40. The Morgan fingerprint density at radius 2 is 2.24 bits per heavy atom. The average molecular weight is 540 g/mol. The number of thioether (sulfide) groups is 1. The number of aryl methyl sites for hydroxylation is 1. The van der Waals surface area contributed by atoms with Gasteiger partial charge in [-0.1, -0.05) is 0 Å². The summed E-state index contributed by atoms with van der Waals surface area (Å²) < 4.78 is 10.9. The molecule has 202 valence electrons. The first-order valence-corrected chi connectivity index (χ1v) is 14.0. The Morgan fingerprint density at radius 1 is 1.39 bits per heavy atom. The molecule has 3 amide bonds. The second-order valence-corrected chi connectivity index (χ2v) is 10.2. The predicted octanol–water partition coefficient (Wildman–Crippen LogP) is 3.11. The molecule has 0 bridgehead atoms. The molecule has 1 fully saturated rings. The molecule has 2 aromatic rings. The average Bonchev–Trinajstić information content (AvgIpc) is 3.47. The number of nitrogens with zero attached hydrogens (tertiary/aromatic N) is 5. The number of nitriles is 1. The molecule has 4 rings (SSSR count). The Morgan fingerprint density at radius 3 is 2.95 bits per heavy atom. The fraction of sp³-hybridized carbons (Fsp3) is 0.500. The minimum absolute atomic E-state index is 0.0421. The topological polar surface area (TPSA) is 133 Å². The zero-order valence-corrected chi connectivity index (χ0v) is 22.8. The Balaban J connectivity index is 1.51. The number of fused-ring (bicyclic) bond motifs is 1. The van der Waals surface area contributed by atoms with Crippen LogP contribution >= 0.6 is 11.8 Å². The molecular formula is C26H33N7O4S. The number of pyridine rings is 2. The van der Waals surface area contributed by atoms with E-state index in [0.29, 0.717) is 61.6 Å². The van der Waals surface area contributed by atoms with E-state index in [4.69, 9.17) is 9.47 Å². The van der Waals surface area contributed by atoms with Crippen LogP contribution < -0.4 is 20.3 Å². The van der Waals surface area contributed by atoms with Gasteiger partial charge in [0.15, 0.2) is 0 Å². The van der Waals surface area contributed by atoms with Crippen LogP contribution in [0.5, 0.6) is 5.88 Å². The SMILES string of the molecule is COc1nc2c(cc1CN(C)C(=O)C1CCOC1)CCCN2C(=O)Nc1cc(NCCSC)c(C#N)cn1. The highest BCUT2D eigenvalue weighted by Crippen LogP contribution is 2.32. The molecule has 2 N–H and O–H groups in total. The van der Waals surface area contributed by atoms with Crippen molar-refractivity contribution in [2.75, 3.05) is 68.0 Å². The van der Waals surface area contributed by atoms with Gasteiger partial charge in [0.25, 0.3) is 0 Å². The zero-order valence-electron chi connectivity index (χ0n) is 22.0. The van der Waals surface area contributed by atoms with Gasteiger partial charge in [-0.25, -0.2) is 9.78 Å². The van der Waals surface area contributed by atoms with Crippen molar-refractivity contribution in [1.82, 2.24) is 14.9 Å². The quantitative estimate of drug-likeness (QED) is 0.461. The lowest BCUT2D eigenvalue weighted by atomic mass is 10.0. The van der Waals surface area contributed by atoms with Gasteiger partial charge in [0, 0.05) is 50.3 Å². The third kappa shape index (κ3) is 6.28. The third-order valence-electron chi connectivity index (χ3n) is 6.58. The van der Waals surface area contributed by atoms with E-state index < -0.39 is 0 Å². The van der Waals surface area contributed by atoms with E-state index in [-0.39, 0.29) is 17.9 Å². The van der Waals surface area contributed by atoms with E-state index >= 15 is 0 Å². The molecule has 12 heteroatoms. The highest BCUT2D eigenvalue weighted by Gasteiger charge is 2.29. The number of hydrogen-bond donors (Lipinski definition) is 2. The summed E-state index contributed by atoms with van der Waals surface area (Å²) in [6.45, 7) is 2.60. The minimum atomic E-state index is -0.367. The first-order valence-electron chi connectivity index (χ1n) is 12.6. The maximum Gasteiger partial charge on any atom is 0.328 e. The summed E-state index contributed by atoms with van der Waals surface area (Å²) in [6.07, 6.45) is 5.72. The van der Waals surface area contributed by atoms with Crippen LogP contribution in [0.15, 0.2) is 18.3 Å².